The highest BCUT2D eigenvalue weighted by Gasteiger charge is 2.11. The molecule has 0 bridgehead atoms. The van der Waals surface area contributed by atoms with Crippen LogP contribution in [0.5, 0.6) is 5.75 Å². The molecule has 5 nitrogen and oxygen atoms in total. The number of nitrogens with zero attached hydrogens (tertiary/aromatic N) is 2. The molecule has 3 rings (SSSR count). The lowest BCUT2D eigenvalue weighted by Gasteiger charge is -2.03. The van der Waals surface area contributed by atoms with E-state index in [4.69, 9.17) is 16.3 Å². The Labute approximate surface area is 161 Å². The molecule has 0 aliphatic carbocycles. The van der Waals surface area contributed by atoms with Gasteiger partial charge in [-0.15, -0.1) is 10.2 Å². The molecule has 0 unspecified atom stereocenters. The van der Waals surface area contributed by atoms with Crippen molar-refractivity contribution in [2.75, 3.05) is 5.32 Å². The first-order valence-corrected chi connectivity index (χ1v) is 9.15. The quantitative estimate of drug-likeness (QED) is 0.551. The smallest absolute Gasteiger partial charge is 0.257 e. The molecule has 0 aliphatic rings. The molecule has 2 aromatic carbocycles. The van der Waals surface area contributed by atoms with Crippen LogP contribution in [-0.2, 0) is 6.61 Å². The minimum atomic E-state index is -0.213. The van der Waals surface area contributed by atoms with Gasteiger partial charge < -0.3 is 4.74 Å². The first kappa shape index (κ1) is 17.1. The second kappa shape index (κ2) is 7.91. The van der Waals surface area contributed by atoms with Crippen molar-refractivity contribution in [3.8, 4) is 5.75 Å². The van der Waals surface area contributed by atoms with E-state index in [9.17, 15) is 4.79 Å². The van der Waals surface area contributed by atoms with Gasteiger partial charge in [0.25, 0.3) is 5.91 Å². The SMILES string of the molecule is O=C(Nc1nnc(COc2ccc(Cl)cc2)s1)c1cccc(I)c1. The molecule has 0 fully saturated rings. The molecule has 0 saturated carbocycles. The zero-order valence-electron chi connectivity index (χ0n) is 12.2. The fraction of sp³-hybridized carbons (Fsp3) is 0.0625. The molecule has 0 radical (unpaired) electrons. The Kier molecular flexibility index (Phi) is 5.64. The minimum absolute atomic E-state index is 0.213. The summed E-state index contributed by atoms with van der Waals surface area (Å²) in [5.74, 6) is 0.480. The third-order valence-electron chi connectivity index (χ3n) is 2.95. The molecule has 0 atom stereocenters. The van der Waals surface area contributed by atoms with Crippen LogP contribution in [0.25, 0.3) is 0 Å². The highest BCUT2D eigenvalue weighted by atomic mass is 127. The van der Waals surface area contributed by atoms with Crippen molar-refractivity contribution in [2.24, 2.45) is 0 Å². The molecule has 24 heavy (non-hydrogen) atoms. The molecular formula is C16H11ClIN3O2S. The highest BCUT2D eigenvalue weighted by Crippen LogP contribution is 2.20. The van der Waals surface area contributed by atoms with Crippen molar-refractivity contribution in [1.29, 1.82) is 0 Å². The monoisotopic (exact) mass is 471 g/mol. The summed E-state index contributed by atoms with van der Waals surface area (Å²) in [6.07, 6.45) is 0. The van der Waals surface area contributed by atoms with Crippen LogP contribution in [0.15, 0.2) is 48.5 Å². The van der Waals surface area contributed by atoms with Crippen molar-refractivity contribution in [2.45, 2.75) is 6.61 Å². The van der Waals surface area contributed by atoms with E-state index in [2.05, 4.69) is 38.1 Å². The summed E-state index contributed by atoms with van der Waals surface area (Å²) in [6.45, 7) is 0.276. The number of rotatable bonds is 5. The molecule has 0 saturated heterocycles. The molecule has 1 heterocycles. The van der Waals surface area contributed by atoms with E-state index in [1.54, 1.807) is 30.3 Å². The summed E-state index contributed by atoms with van der Waals surface area (Å²) in [6, 6.07) is 14.4. The maximum atomic E-state index is 12.2. The van der Waals surface area contributed by atoms with E-state index >= 15 is 0 Å². The molecule has 1 amide bonds. The number of carbonyl (C=O) groups excluding carboxylic acids is 1. The largest absolute Gasteiger partial charge is 0.486 e. The predicted octanol–water partition coefficient (Wildman–Crippen LogP) is 4.63. The first-order valence-electron chi connectivity index (χ1n) is 6.88. The van der Waals surface area contributed by atoms with E-state index in [-0.39, 0.29) is 12.5 Å². The van der Waals surface area contributed by atoms with Gasteiger partial charge in [0.1, 0.15) is 12.4 Å². The number of ether oxygens (including phenoxy) is 1. The van der Waals surface area contributed by atoms with Crippen LogP contribution in [0, 0.1) is 3.57 Å². The van der Waals surface area contributed by atoms with E-state index < -0.39 is 0 Å². The van der Waals surface area contributed by atoms with E-state index in [0.717, 1.165) is 3.57 Å². The van der Waals surface area contributed by atoms with Gasteiger partial charge >= 0.3 is 0 Å². The van der Waals surface area contributed by atoms with Gasteiger partial charge in [0, 0.05) is 14.2 Å². The minimum Gasteiger partial charge on any atom is -0.486 e. The zero-order valence-corrected chi connectivity index (χ0v) is 15.9. The van der Waals surface area contributed by atoms with Gasteiger partial charge in [0.05, 0.1) is 0 Å². The lowest BCUT2D eigenvalue weighted by atomic mass is 10.2. The first-order chi connectivity index (χ1) is 11.6. The van der Waals surface area contributed by atoms with Gasteiger partial charge in [0.15, 0.2) is 5.01 Å². The standard InChI is InChI=1S/C16H11ClIN3O2S/c17-11-4-6-13(7-5-11)23-9-14-20-21-16(24-14)19-15(22)10-2-1-3-12(18)8-10/h1-8H,9H2,(H,19,21,22). The normalized spacial score (nSPS) is 10.4. The third kappa shape index (κ3) is 4.65. The maximum absolute atomic E-state index is 12.2. The lowest BCUT2D eigenvalue weighted by molar-refractivity contribution is 0.102. The highest BCUT2D eigenvalue weighted by molar-refractivity contribution is 14.1. The van der Waals surface area contributed by atoms with Crippen LogP contribution >= 0.6 is 45.5 Å². The predicted molar refractivity (Wildman–Crippen MR) is 103 cm³/mol. The zero-order chi connectivity index (χ0) is 16.9. The van der Waals surface area contributed by atoms with Crippen LogP contribution in [0.3, 0.4) is 0 Å². The third-order valence-corrected chi connectivity index (χ3v) is 4.69. The number of aromatic nitrogens is 2. The fourth-order valence-corrected chi connectivity index (χ4v) is 3.15. The van der Waals surface area contributed by atoms with E-state index in [1.807, 2.05) is 18.2 Å². The number of hydrogen-bond donors (Lipinski definition) is 1. The van der Waals surface area contributed by atoms with Crippen LogP contribution in [-0.4, -0.2) is 16.1 Å². The van der Waals surface area contributed by atoms with Gasteiger partial charge in [-0.05, 0) is 65.1 Å². The Hall–Kier alpha value is -1.71. The van der Waals surface area contributed by atoms with Gasteiger partial charge in [-0.25, -0.2) is 0 Å². The second-order valence-corrected chi connectivity index (χ2v) is 7.45. The van der Waals surface area contributed by atoms with Crippen molar-refractivity contribution < 1.29 is 9.53 Å². The van der Waals surface area contributed by atoms with E-state index in [0.29, 0.717) is 26.5 Å². The van der Waals surface area contributed by atoms with Gasteiger partial charge in [-0.2, -0.15) is 0 Å². The number of carbonyl (C=O) groups is 1. The average Bonchev–Trinajstić information content (AvgIpc) is 3.02. The second-order valence-electron chi connectivity index (χ2n) is 4.71. The molecule has 0 aliphatic heterocycles. The molecule has 3 aromatic rings. The van der Waals surface area contributed by atoms with E-state index in [1.165, 1.54) is 11.3 Å². The Balaban J connectivity index is 1.59. The molecule has 122 valence electrons. The Morgan fingerprint density at radius 1 is 1.21 bits per heavy atom. The Bertz CT molecular complexity index is 855. The summed E-state index contributed by atoms with van der Waals surface area (Å²) in [5.41, 5.74) is 0.580. The molecule has 8 heteroatoms. The van der Waals surface area contributed by atoms with Crippen molar-refractivity contribution in [3.05, 3.63) is 67.7 Å². The molecule has 0 spiro atoms. The van der Waals surface area contributed by atoms with Gasteiger partial charge in [0.2, 0.25) is 5.13 Å². The molecular weight excluding hydrogens is 461 g/mol. The number of benzene rings is 2. The summed E-state index contributed by atoms with van der Waals surface area (Å²) in [4.78, 5) is 12.2. The van der Waals surface area contributed by atoms with Crippen molar-refractivity contribution in [1.82, 2.24) is 10.2 Å². The number of halogens is 2. The summed E-state index contributed by atoms with van der Waals surface area (Å²) in [5, 5.41) is 12.5. The number of hydrogen-bond acceptors (Lipinski definition) is 5. The fourth-order valence-electron chi connectivity index (χ4n) is 1.84. The van der Waals surface area contributed by atoms with Crippen LogP contribution in [0.4, 0.5) is 5.13 Å². The molecule has 1 N–H and O–H groups in total. The lowest BCUT2D eigenvalue weighted by Crippen LogP contribution is -2.11. The van der Waals surface area contributed by atoms with Crippen LogP contribution in [0.1, 0.15) is 15.4 Å². The summed E-state index contributed by atoms with van der Waals surface area (Å²) < 4.78 is 6.60. The summed E-state index contributed by atoms with van der Waals surface area (Å²) in [7, 11) is 0. The number of anilines is 1. The Morgan fingerprint density at radius 2 is 2.00 bits per heavy atom. The number of nitrogens with one attached hydrogen (secondary N) is 1. The van der Waals surface area contributed by atoms with Crippen LogP contribution in [0.2, 0.25) is 5.02 Å². The topological polar surface area (TPSA) is 64.1 Å². The maximum Gasteiger partial charge on any atom is 0.257 e. The van der Waals surface area contributed by atoms with Crippen LogP contribution < -0.4 is 10.1 Å². The van der Waals surface area contributed by atoms with Gasteiger partial charge in [-0.3, -0.25) is 10.1 Å². The Morgan fingerprint density at radius 3 is 2.75 bits per heavy atom. The van der Waals surface area contributed by atoms with Crippen molar-refractivity contribution in [3.63, 3.8) is 0 Å². The molecule has 1 aromatic heterocycles. The van der Waals surface area contributed by atoms with Crippen molar-refractivity contribution >= 4 is 56.6 Å². The van der Waals surface area contributed by atoms with Gasteiger partial charge in [-0.1, -0.05) is 29.0 Å². The number of amides is 1. The average molecular weight is 472 g/mol. The summed E-state index contributed by atoms with van der Waals surface area (Å²) >= 11 is 9.26.